The van der Waals surface area contributed by atoms with Gasteiger partial charge in [-0.15, -0.1) is 11.3 Å². The highest BCUT2D eigenvalue weighted by Crippen LogP contribution is 2.39. The second-order valence-corrected chi connectivity index (χ2v) is 12.1. The molecule has 0 aliphatic heterocycles. The van der Waals surface area contributed by atoms with Crippen molar-refractivity contribution < 1.29 is 23.1 Å². The van der Waals surface area contributed by atoms with Crippen LogP contribution in [0.5, 0.6) is 0 Å². The number of carbonyl (C=O) groups excluding carboxylic acids is 2. The zero-order chi connectivity index (χ0) is 21.6. The van der Waals surface area contributed by atoms with Gasteiger partial charge in [0.2, 0.25) is 5.91 Å². The molecule has 4 rings (SSSR count). The van der Waals surface area contributed by atoms with E-state index in [2.05, 4.69) is 15.6 Å². The average molecular weight is 454 g/mol. The van der Waals surface area contributed by atoms with E-state index in [0.29, 0.717) is 49.9 Å². The Balaban J connectivity index is 1.24. The Morgan fingerprint density at radius 3 is 2.60 bits per heavy atom. The van der Waals surface area contributed by atoms with Gasteiger partial charge in [-0.2, -0.15) is 0 Å². The highest BCUT2D eigenvalue weighted by atomic mass is 32.2. The Morgan fingerprint density at radius 1 is 1.27 bits per heavy atom. The molecule has 30 heavy (non-hydrogen) atoms. The molecule has 2 aromatic heterocycles. The second kappa shape index (κ2) is 7.65. The second-order valence-electron chi connectivity index (χ2n) is 8.73. The van der Waals surface area contributed by atoms with Crippen molar-refractivity contribution in [2.75, 3.05) is 19.3 Å². The quantitative estimate of drug-likeness (QED) is 0.506. The lowest BCUT2D eigenvalue weighted by Crippen LogP contribution is -2.58. The fourth-order valence-electron chi connectivity index (χ4n) is 4.71. The van der Waals surface area contributed by atoms with Crippen LogP contribution in [-0.2, 0) is 14.6 Å². The van der Waals surface area contributed by atoms with Crippen molar-refractivity contribution in [1.82, 2.24) is 15.6 Å². The number of aromatic amines is 1. The zero-order valence-electron chi connectivity index (χ0n) is 16.9. The number of amides is 2. The summed E-state index contributed by atoms with van der Waals surface area (Å²) >= 11 is 1.42. The largest absolute Gasteiger partial charge is 0.388 e. The maximum absolute atomic E-state index is 12.6. The number of hydrogen-bond acceptors (Lipinski definition) is 6. The molecule has 0 atom stereocenters. The van der Waals surface area contributed by atoms with Crippen LogP contribution < -0.4 is 10.6 Å². The van der Waals surface area contributed by atoms with Gasteiger partial charge in [0.05, 0.1) is 20.7 Å². The summed E-state index contributed by atoms with van der Waals surface area (Å²) in [6.45, 7) is 0.484. The van der Waals surface area contributed by atoms with E-state index in [-0.39, 0.29) is 18.4 Å². The molecule has 0 unspecified atom stereocenters. The van der Waals surface area contributed by atoms with Crippen LogP contribution in [0.2, 0.25) is 0 Å². The minimum absolute atomic E-state index is 0.0310. The molecule has 164 valence electrons. The number of H-pyrrole nitrogens is 1. The van der Waals surface area contributed by atoms with Crippen LogP contribution in [0.4, 0.5) is 0 Å². The Kier molecular flexibility index (Phi) is 5.44. The SMILES string of the molecule is CS(=O)(=O)C1(C(=O)NCC2(O)CC(CNC(=O)c3cc4[nH]ccc4s3)C2)CCCC1. The molecule has 2 fully saturated rings. The molecule has 2 aromatic rings. The van der Waals surface area contributed by atoms with Gasteiger partial charge in [0.25, 0.3) is 5.91 Å². The lowest BCUT2D eigenvalue weighted by Gasteiger charge is -2.44. The van der Waals surface area contributed by atoms with Crippen LogP contribution in [0.3, 0.4) is 0 Å². The van der Waals surface area contributed by atoms with Crippen molar-refractivity contribution in [2.45, 2.75) is 48.9 Å². The van der Waals surface area contributed by atoms with Crippen molar-refractivity contribution >= 4 is 43.2 Å². The molecule has 2 aliphatic carbocycles. The van der Waals surface area contributed by atoms with E-state index in [1.807, 2.05) is 18.3 Å². The van der Waals surface area contributed by atoms with Gasteiger partial charge in [0.15, 0.2) is 9.84 Å². The fraction of sp³-hybridized carbons (Fsp3) is 0.600. The highest BCUT2D eigenvalue weighted by molar-refractivity contribution is 7.92. The van der Waals surface area contributed by atoms with E-state index in [1.54, 1.807) is 0 Å². The van der Waals surface area contributed by atoms with E-state index in [0.717, 1.165) is 16.5 Å². The van der Waals surface area contributed by atoms with Crippen molar-refractivity contribution in [3.05, 3.63) is 23.2 Å². The number of aromatic nitrogens is 1. The third-order valence-corrected chi connectivity index (χ3v) is 9.57. The normalized spacial score (nSPS) is 25.7. The Labute approximate surface area is 179 Å². The Bertz CT molecular complexity index is 1030. The summed E-state index contributed by atoms with van der Waals surface area (Å²) in [4.78, 5) is 28.7. The first kappa shape index (κ1) is 21.3. The predicted octanol–water partition coefficient (Wildman–Crippen LogP) is 1.57. The first-order valence-electron chi connectivity index (χ1n) is 10.2. The number of thiophene rings is 1. The summed E-state index contributed by atoms with van der Waals surface area (Å²) in [6.07, 6.45) is 5.95. The van der Waals surface area contributed by atoms with E-state index in [9.17, 15) is 23.1 Å². The van der Waals surface area contributed by atoms with E-state index < -0.39 is 26.1 Å². The number of nitrogens with one attached hydrogen (secondary N) is 3. The summed E-state index contributed by atoms with van der Waals surface area (Å²) in [5.41, 5.74) is -0.116. The molecule has 0 radical (unpaired) electrons. The summed E-state index contributed by atoms with van der Waals surface area (Å²) in [5.74, 6) is -0.512. The van der Waals surface area contributed by atoms with E-state index in [4.69, 9.17) is 0 Å². The van der Waals surface area contributed by atoms with Crippen LogP contribution in [0.25, 0.3) is 10.2 Å². The van der Waals surface area contributed by atoms with Gasteiger partial charge in [-0.1, -0.05) is 12.8 Å². The van der Waals surface area contributed by atoms with Crippen molar-refractivity contribution in [3.8, 4) is 0 Å². The van der Waals surface area contributed by atoms with Gasteiger partial charge in [0.1, 0.15) is 4.75 Å². The minimum Gasteiger partial charge on any atom is -0.388 e. The molecule has 0 spiro atoms. The molecule has 2 saturated carbocycles. The first-order valence-corrected chi connectivity index (χ1v) is 12.9. The molecule has 4 N–H and O–H groups in total. The molecular formula is C20H27N3O5S2. The number of sulfone groups is 1. The number of fused-ring (bicyclic) bond motifs is 1. The highest BCUT2D eigenvalue weighted by Gasteiger charge is 2.51. The summed E-state index contributed by atoms with van der Waals surface area (Å²) < 4.78 is 24.1. The Morgan fingerprint density at radius 2 is 1.97 bits per heavy atom. The lowest BCUT2D eigenvalue weighted by molar-refractivity contribution is -0.127. The molecule has 10 heteroatoms. The summed E-state index contributed by atoms with van der Waals surface area (Å²) in [6, 6.07) is 3.75. The van der Waals surface area contributed by atoms with Gasteiger partial charge < -0.3 is 20.7 Å². The molecule has 0 saturated heterocycles. The third kappa shape index (κ3) is 3.88. The van der Waals surface area contributed by atoms with E-state index in [1.165, 1.54) is 11.3 Å². The van der Waals surface area contributed by atoms with Gasteiger partial charge in [-0.25, -0.2) is 8.42 Å². The van der Waals surface area contributed by atoms with Gasteiger partial charge in [-0.05, 0) is 43.7 Å². The van der Waals surface area contributed by atoms with Crippen molar-refractivity contribution in [2.24, 2.45) is 5.92 Å². The van der Waals surface area contributed by atoms with Gasteiger partial charge in [-0.3, -0.25) is 9.59 Å². The maximum atomic E-state index is 12.6. The van der Waals surface area contributed by atoms with Crippen LogP contribution in [0.15, 0.2) is 18.3 Å². The Hall–Kier alpha value is -1.91. The molecule has 0 bridgehead atoms. The van der Waals surface area contributed by atoms with Crippen LogP contribution >= 0.6 is 11.3 Å². The molecule has 0 aromatic carbocycles. The van der Waals surface area contributed by atoms with Crippen LogP contribution in [-0.4, -0.2) is 60.0 Å². The molecule has 2 aliphatic rings. The predicted molar refractivity (Wildman–Crippen MR) is 115 cm³/mol. The standard InChI is InChI=1S/C20H27N3O5S2/c1-30(27,28)20(5-2-3-6-20)18(25)23-12-19(26)9-13(10-19)11-22-17(24)16-8-14-15(29-16)4-7-21-14/h4,7-8,13,21,26H,2-3,5-6,9-12H2,1H3,(H,22,24)(H,23,25). The number of carbonyl (C=O) groups is 2. The third-order valence-electron chi connectivity index (χ3n) is 6.46. The van der Waals surface area contributed by atoms with E-state index >= 15 is 0 Å². The molecule has 2 amide bonds. The fourth-order valence-corrected chi connectivity index (χ4v) is 7.09. The molecule has 8 nitrogen and oxygen atoms in total. The van der Waals surface area contributed by atoms with Crippen LogP contribution in [0, 0.1) is 5.92 Å². The summed E-state index contributed by atoms with van der Waals surface area (Å²) in [5, 5.41) is 16.2. The van der Waals surface area contributed by atoms with Crippen molar-refractivity contribution in [1.29, 1.82) is 0 Å². The molecular weight excluding hydrogens is 426 g/mol. The number of rotatable bonds is 7. The van der Waals surface area contributed by atoms with Gasteiger partial charge in [0, 0.05) is 25.5 Å². The number of hydrogen-bond donors (Lipinski definition) is 4. The maximum Gasteiger partial charge on any atom is 0.261 e. The lowest BCUT2D eigenvalue weighted by atomic mass is 9.70. The zero-order valence-corrected chi connectivity index (χ0v) is 18.5. The van der Waals surface area contributed by atoms with Crippen molar-refractivity contribution in [3.63, 3.8) is 0 Å². The van der Waals surface area contributed by atoms with Gasteiger partial charge >= 0.3 is 0 Å². The average Bonchev–Trinajstić information content (AvgIpc) is 3.37. The topological polar surface area (TPSA) is 128 Å². The summed E-state index contributed by atoms with van der Waals surface area (Å²) in [7, 11) is -3.52. The minimum atomic E-state index is -3.52. The molecule has 2 heterocycles. The van der Waals surface area contributed by atoms with Crippen LogP contribution in [0.1, 0.15) is 48.2 Å². The smallest absolute Gasteiger partial charge is 0.261 e. The monoisotopic (exact) mass is 453 g/mol. The number of aliphatic hydroxyl groups is 1. The first-order chi connectivity index (χ1) is 14.1.